The topological polar surface area (TPSA) is 20.2 Å². The highest BCUT2D eigenvalue weighted by molar-refractivity contribution is 4.82. The lowest BCUT2D eigenvalue weighted by Gasteiger charge is -2.23. The van der Waals surface area contributed by atoms with Crippen molar-refractivity contribution >= 4 is 0 Å². The fourth-order valence-electron chi connectivity index (χ4n) is 1.05. The molecule has 0 aliphatic heterocycles. The van der Waals surface area contributed by atoms with Crippen LogP contribution in [0, 0.1) is 0 Å². The van der Waals surface area contributed by atoms with Crippen molar-refractivity contribution in [2.75, 3.05) is 0 Å². The Balaban J connectivity index is 3.77. The van der Waals surface area contributed by atoms with Gasteiger partial charge in [-0.15, -0.1) is 5.73 Å². The van der Waals surface area contributed by atoms with Crippen LogP contribution in [0.25, 0.3) is 0 Å². The minimum Gasteiger partial charge on any atom is -0.390 e. The van der Waals surface area contributed by atoms with E-state index < -0.39 is 5.60 Å². The SMILES string of the molecule is C=C=CCCC(O)(CC)CC. The number of hydrogen-bond acceptors (Lipinski definition) is 1. The van der Waals surface area contributed by atoms with Gasteiger partial charge in [0.05, 0.1) is 5.60 Å². The molecule has 0 aliphatic rings. The van der Waals surface area contributed by atoms with E-state index in [4.69, 9.17) is 0 Å². The van der Waals surface area contributed by atoms with Crippen LogP contribution >= 0.6 is 0 Å². The van der Waals surface area contributed by atoms with Crippen molar-refractivity contribution in [2.24, 2.45) is 0 Å². The van der Waals surface area contributed by atoms with E-state index in [2.05, 4.69) is 12.3 Å². The van der Waals surface area contributed by atoms with E-state index in [0.717, 1.165) is 25.7 Å². The van der Waals surface area contributed by atoms with Gasteiger partial charge in [-0.25, -0.2) is 0 Å². The molecule has 1 N–H and O–H groups in total. The Labute approximate surface area is 69.4 Å². The summed E-state index contributed by atoms with van der Waals surface area (Å²) in [7, 11) is 0. The first-order valence-electron chi connectivity index (χ1n) is 4.25. The molecule has 1 nitrogen and oxygen atoms in total. The first-order chi connectivity index (χ1) is 5.18. The van der Waals surface area contributed by atoms with Crippen LogP contribution in [0.15, 0.2) is 18.4 Å². The lowest BCUT2D eigenvalue weighted by molar-refractivity contribution is 0.0246. The third-order valence-electron chi connectivity index (χ3n) is 2.21. The Morgan fingerprint density at radius 3 is 2.36 bits per heavy atom. The molecule has 0 unspecified atom stereocenters. The maximum absolute atomic E-state index is 9.79. The fourth-order valence-corrected chi connectivity index (χ4v) is 1.05. The van der Waals surface area contributed by atoms with Gasteiger partial charge in [-0.3, -0.25) is 0 Å². The summed E-state index contributed by atoms with van der Waals surface area (Å²) in [5.41, 5.74) is 2.24. The second kappa shape index (κ2) is 5.17. The smallest absolute Gasteiger partial charge is 0.0645 e. The first-order valence-corrected chi connectivity index (χ1v) is 4.25. The molecule has 0 saturated heterocycles. The van der Waals surface area contributed by atoms with Crippen molar-refractivity contribution in [1.82, 2.24) is 0 Å². The number of hydrogen-bond donors (Lipinski definition) is 1. The first kappa shape index (κ1) is 10.5. The molecule has 0 atom stereocenters. The average molecular weight is 154 g/mol. The summed E-state index contributed by atoms with van der Waals surface area (Å²) in [5, 5.41) is 9.79. The van der Waals surface area contributed by atoms with E-state index in [0.29, 0.717) is 0 Å². The normalized spacial score (nSPS) is 10.8. The molecule has 0 aromatic heterocycles. The monoisotopic (exact) mass is 154 g/mol. The summed E-state index contributed by atoms with van der Waals surface area (Å²) >= 11 is 0. The number of aliphatic hydroxyl groups is 1. The summed E-state index contributed by atoms with van der Waals surface area (Å²) in [6.45, 7) is 7.50. The third-order valence-corrected chi connectivity index (χ3v) is 2.21. The van der Waals surface area contributed by atoms with Gasteiger partial charge in [0.25, 0.3) is 0 Å². The lowest BCUT2D eigenvalue weighted by Crippen LogP contribution is -2.25. The van der Waals surface area contributed by atoms with E-state index in [1.165, 1.54) is 0 Å². The van der Waals surface area contributed by atoms with E-state index in [1.807, 2.05) is 19.9 Å². The molecule has 1 heteroatoms. The maximum atomic E-state index is 9.79. The molecule has 0 amide bonds. The molecule has 11 heavy (non-hydrogen) atoms. The van der Waals surface area contributed by atoms with Crippen LogP contribution in [0.2, 0.25) is 0 Å². The van der Waals surface area contributed by atoms with Crippen LogP contribution in [-0.2, 0) is 0 Å². The van der Waals surface area contributed by atoms with Crippen molar-refractivity contribution in [2.45, 2.75) is 45.1 Å². The maximum Gasteiger partial charge on any atom is 0.0645 e. The number of allylic oxidation sites excluding steroid dienone is 1. The Morgan fingerprint density at radius 1 is 1.45 bits per heavy atom. The van der Waals surface area contributed by atoms with Crippen LogP contribution in [0.1, 0.15) is 39.5 Å². The highest BCUT2D eigenvalue weighted by Crippen LogP contribution is 2.20. The zero-order valence-corrected chi connectivity index (χ0v) is 7.56. The van der Waals surface area contributed by atoms with E-state index in [9.17, 15) is 5.11 Å². The standard InChI is InChI=1S/C10H18O/c1-4-7-8-9-10(11,5-2)6-3/h7,11H,1,5-6,8-9H2,2-3H3. The van der Waals surface area contributed by atoms with Gasteiger partial charge in [0.15, 0.2) is 0 Å². The van der Waals surface area contributed by atoms with Gasteiger partial charge in [0.1, 0.15) is 0 Å². The lowest BCUT2D eigenvalue weighted by atomic mass is 9.92. The largest absolute Gasteiger partial charge is 0.390 e. The van der Waals surface area contributed by atoms with E-state index >= 15 is 0 Å². The van der Waals surface area contributed by atoms with Crippen molar-refractivity contribution in [1.29, 1.82) is 0 Å². The molecule has 0 fully saturated rings. The number of rotatable bonds is 5. The van der Waals surface area contributed by atoms with E-state index in [-0.39, 0.29) is 0 Å². The molecule has 0 aliphatic carbocycles. The Bertz CT molecular complexity index is 139. The Hall–Kier alpha value is -0.520. The molecule has 0 heterocycles. The summed E-state index contributed by atoms with van der Waals surface area (Å²) in [6, 6.07) is 0. The highest BCUT2D eigenvalue weighted by atomic mass is 16.3. The van der Waals surface area contributed by atoms with Gasteiger partial charge < -0.3 is 5.11 Å². The van der Waals surface area contributed by atoms with Crippen LogP contribution < -0.4 is 0 Å². The predicted octanol–water partition coefficient (Wildman–Crippen LogP) is 2.66. The molecule has 0 bridgehead atoms. The average Bonchev–Trinajstić information content (AvgIpc) is 2.05. The van der Waals surface area contributed by atoms with Crippen LogP contribution in [0.3, 0.4) is 0 Å². The summed E-state index contributed by atoms with van der Waals surface area (Å²) in [6.07, 6.45) is 5.23. The van der Waals surface area contributed by atoms with Crippen LogP contribution in [0.5, 0.6) is 0 Å². The molecule has 0 radical (unpaired) electrons. The van der Waals surface area contributed by atoms with Crippen LogP contribution in [0.4, 0.5) is 0 Å². The zero-order valence-electron chi connectivity index (χ0n) is 7.56. The Morgan fingerprint density at radius 2 is 2.00 bits per heavy atom. The molecular formula is C10H18O. The van der Waals surface area contributed by atoms with Gasteiger partial charge in [-0.2, -0.15) is 0 Å². The molecule has 0 aromatic carbocycles. The highest BCUT2D eigenvalue weighted by Gasteiger charge is 2.20. The minimum absolute atomic E-state index is 0.465. The van der Waals surface area contributed by atoms with Gasteiger partial charge >= 0.3 is 0 Å². The summed E-state index contributed by atoms with van der Waals surface area (Å²) in [4.78, 5) is 0. The second-order valence-corrected chi connectivity index (χ2v) is 2.88. The minimum atomic E-state index is -0.465. The van der Waals surface area contributed by atoms with Crippen molar-refractivity contribution in [3.63, 3.8) is 0 Å². The zero-order chi connectivity index (χ0) is 8.74. The fraction of sp³-hybridized carbons (Fsp3) is 0.700. The predicted molar refractivity (Wildman–Crippen MR) is 48.5 cm³/mol. The van der Waals surface area contributed by atoms with Gasteiger partial charge in [0, 0.05) is 0 Å². The summed E-state index contributed by atoms with van der Waals surface area (Å²) < 4.78 is 0. The van der Waals surface area contributed by atoms with Gasteiger partial charge in [0.2, 0.25) is 0 Å². The van der Waals surface area contributed by atoms with Crippen molar-refractivity contribution < 1.29 is 5.11 Å². The quantitative estimate of drug-likeness (QED) is 0.603. The molecule has 0 saturated carbocycles. The molecule has 0 aromatic rings. The summed E-state index contributed by atoms with van der Waals surface area (Å²) in [5.74, 6) is 0. The van der Waals surface area contributed by atoms with E-state index in [1.54, 1.807) is 0 Å². The van der Waals surface area contributed by atoms with Gasteiger partial charge in [-0.05, 0) is 31.8 Å². The van der Waals surface area contributed by atoms with Crippen molar-refractivity contribution in [3.8, 4) is 0 Å². The molecular weight excluding hydrogens is 136 g/mol. The Kier molecular flexibility index (Phi) is 4.93. The second-order valence-electron chi connectivity index (χ2n) is 2.88. The molecule has 0 spiro atoms. The van der Waals surface area contributed by atoms with Crippen LogP contribution in [-0.4, -0.2) is 10.7 Å². The third kappa shape index (κ3) is 4.02. The van der Waals surface area contributed by atoms with Crippen molar-refractivity contribution in [3.05, 3.63) is 18.4 Å². The molecule has 0 rings (SSSR count). The molecule has 64 valence electrons. The van der Waals surface area contributed by atoms with Gasteiger partial charge in [-0.1, -0.05) is 20.4 Å².